The maximum atomic E-state index is 13.6. The number of carboxylic acid groups (broad SMARTS) is 1. The van der Waals surface area contributed by atoms with Crippen molar-refractivity contribution in [2.24, 2.45) is 0 Å². The Morgan fingerprint density at radius 1 is 0.853 bits per heavy atom. The van der Waals surface area contributed by atoms with Crippen LogP contribution in [0.2, 0.25) is 0 Å². The fraction of sp³-hybridized carbons (Fsp3) is 0.120. The van der Waals surface area contributed by atoms with Crippen LogP contribution in [-0.4, -0.2) is 34.7 Å². The zero-order valence-corrected chi connectivity index (χ0v) is 21.7. The molecule has 0 aliphatic carbocycles. The van der Waals surface area contributed by atoms with Crippen molar-refractivity contribution in [3.63, 3.8) is 0 Å². The molecule has 0 aliphatic heterocycles. The van der Waals surface area contributed by atoms with Gasteiger partial charge in [0, 0.05) is 23.1 Å². The first-order valence-corrected chi connectivity index (χ1v) is 10.7. The van der Waals surface area contributed by atoms with Gasteiger partial charge in [-0.3, -0.25) is 4.79 Å². The summed E-state index contributed by atoms with van der Waals surface area (Å²) in [6, 6.07) is 18.6. The summed E-state index contributed by atoms with van der Waals surface area (Å²) < 4.78 is 18.8. The number of carbonyl (C=O) groups is 2. The number of hydrogen-bond acceptors (Lipinski definition) is 8. The Hall–Kier alpha value is -3.04. The Bertz CT molecular complexity index is 1370. The molecule has 4 aromatic rings. The Kier molecular flexibility index (Phi) is 8.57. The molecule has 1 heterocycles. The minimum atomic E-state index is -1.45. The molecule has 9 heteroatoms. The van der Waals surface area contributed by atoms with Crippen LogP contribution in [0, 0.1) is 0 Å². The third-order valence-electron chi connectivity index (χ3n) is 5.19. The quantitative estimate of drug-likeness (QED) is 0.203. The second-order valence-corrected chi connectivity index (χ2v) is 7.72. The molecule has 0 aliphatic rings. The summed E-state index contributed by atoms with van der Waals surface area (Å²) in [5, 5.41) is 12.4. The van der Waals surface area contributed by atoms with Crippen molar-refractivity contribution >= 4 is 40.1 Å². The van der Waals surface area contributed by atoms with Crippen LogP contribution in [0.4, 0.5) is 0 Å². The van der Waals surface area contributed by atoms with Gasteiger partial charge in [-0.1, -0.05) is 18.2 Å². The van der Waals surface area contributed by atoms with Crippen LogP contribution >= 0.6 is 11.7 Å². The molecular weight excluding hydrogens is 463 g/mol. The SMILES string of the molecule is COc1ccc(C(=O)/C(Cc2cccc(OC)c2)=C(\C(=O)[O-])c2ccc3nsnc3c2)cc1.[Na+]. The predicted octanol–water partition coefficient (Wildman–Crippen LogP) is 0.342. The number of Topliss-reactive ketones (excluding diaryl/α,β-unsaturated/α-hetero) is 1. The molecule has 0 radical (unpaired) electrons. The van der Waals surface area contributed by atoms with E-state index in [1.807, 2.05) is 6.07 Å². The number of carboxylic acids is 1. The first kappa shape index (κ1) is 25.6. The second kappa shape index (κ2) is 11.4. The number of fused-ring (bicyclic) bond motifs is 1. The number of aromatic nitrogens is 2. The molecule has 34 heavy (non-hydrogen) atoms. The number of hydrogen-bond donors (Lipinski definition) is 0. The van der Waals surface area contributed by atoms with Gasteiger partial charge in [-0.2, -0.15) is 8.75 Å². The molecule has 0 N–H and O–H groups in total. The molecule has 0 spiro atoms. The van der Waals surface area contributed by atoms with Gasteiger partial charge < -0.3 is 19.4 Å². The first-order chi connectivity index (χ1) is 16.0. The molecular formula is C25H19N2NaO5S. The molecule has 0 atom stereocenters. The van der Waals surface area contributed by atoms with Gasteiger partial charge in [0.1, 0.15) is 22.5 Å². The summed E-state index contributed by atoms with van der Waals surface area (Å²) in [4.78, 5) is 26.0. The largest absolute Gasteiger partial charge is 1.00 e. The van der Waals surface area contributed by atoms with Crippen molar-refractivity contribution in [2.75, 3.05) is 14.2 Å². The fourth-order valence-electron chi connectivity index (χ4n) is 3.54. The van der Waals surface area contributed by atoms with E-state index in [4.69, 9.17) is 9.47 Å². The molecule has 7 nitrogen and oxygen atoms in total. The summed E-state index contributed by atoms with van der Waals surface area (Å²) in [6.45, 7) is 0. The first-order valence-electron chi connectivity index (χ1n) is 9.99. The van der Waals surface area contributed by atoms with Crippen LogP contribution < -0.4 is 44.1 Å². The number of aliphatic carboxylic acids is 1. The smallest absolute Gasteiger partial charge is 0.545 e. The van der Waals surface area contributed by atoms with E-state index in [9.17, 15) is 14.7 Å². The maximum Gasteiger partial charge on any atom is 1.00 e. The van der Waals surface area contributed by atoms with Gasteiger partial charge in [-0.15, -0.1) is 0 Å². The van der Waals surface area contributed by atoms with E-state index >= 15 is 0 Å². The third-order valence-corrected chi connectivity index (χ3v) is 5.75. The van der Waals surface area contributed by atoms with E-state index in [0.29, 0.717) is 33.7 Å². The number of methoxy groups -OCH3 is 2. The van der Waals surface area contributed by atoms with E-state index in [2.05, 4.69) is 8.75 Å². The third kappa shape index (κ3) is 5.53. The summed E-state index contributed by atoms with van der Waals surface area (Å²) in [7, 11) is 3.07. The van der Waals surface area contributed by atoms with Gasteiger partial charge in [-0.05, 0) is 59.7 Å². The number of ketones is 1. The van der Waals surface area contributed by atoms with Crippen molar-refractivity contribution in [1.29, 1.82) is 0 Å². The average Bonchev–Trinajstić information content (AvgIpc) is 3.31. The van der Waals surface area contributed by atoms with Gasteiger partial charge in [0.25, 0.3) is 0 Å². The van der Waals surface area contributed by atoms with Crippen molar-refractivity contribution in [1.82, 2.24) is 8.75 Å². The number of ether oxygens (including phenoxy) is 2. The van der Waals surface area contributed by atoms with E-state index in [1.165, 1.54) is 7.11 Å². The van der Waals surface area contributed by atoms with Crippen molar-refractivity contribution in [3.8, 4) is 11.5 Å². The number of nitrogens with zero attached hydrogens (tertiary/aromatic N) is 2. The topological polar surface area (TPSA) is 101 Å². The molecule has 0 saturated carbocycles. The van der Waals surface area contributed by atoms with Crippen molar-refractivity contribution < 1.29 is 53.7 Å². The van der Waals surface area contributed by atoms with E-state index < -0.39 is 11.8 Å². The Morgan fingerprint density at radius 2 is 1.53 bits per heavy atom. The molecule has 0 unspecified atom stereocenters. The molecule has 0 bridgehead atoms. The molecule has 3 aromatic carbocycles. The molecule has 0 saturated heterocycles. The van der Waals surface area contributed by atoms with Crippen molar-refractivity contribution in [2.45, 2.75) is 6.42 Å². The number of carbonyl (C=O) groups excluding carboxylic acids is 2. The zero-order valence-electron chi connectivity index (χ0n) is 18.9. The Balaban J connectivity index is 0.00000324. The van der Waals surface area contributed by atoms with Crippen LogP contribution in [0.1, 0.15) is 21.5 Å². The summed E-state index contributed by atoms with van der Waals surface area (Å²) >= 11 is 1.03. The van der Waals surface area contributed by atoms with Crippen LogP contribution in [0.5, 0.6) is 11.5 Å². The molecule has 0 fully saturated rings. The zero-order chi connectivity index (χ0) is 23.4. The standard InChI is InChI=1S/C25H20N2O5S.Na/c1-31-18-9-6-16(7-10-18)24(28)20(13-15-4-3-5-19(12-15)32-2)23(25(29)30)17-8-11-21-22(14-17)27-33-26-21;/h3-12,14H,13H2,1-2H3,(H,29,30);/q;+1/p-1/b23-20-;. The Labute approximate surface area is 222 Å². The van der Waals surface area contributed by atoms with E-state index in [-0.39, 0.29) is 47.1 Å². The number of allylic oxidation sites excluding steroid dienone is 1. The Morgan fingerprint density at radius 3 is 2.21 bits per heavy atom. The van der Waals surface area contributed by atoms with Gasteiger partial charge in [-0.25, -0.2) is 0 Å². The van der Waals surface area contributed by atoms with Gasteiger partial charge >= 0.3 is 29.6 Å². The van der Waals surface area contributed by atoms with Crippen LogP contribution in [0.3, 0.4) is 0 Å². The van der Waals surface area contributed by atoms with E-state index in [0.717, 1.165) is 17.3 Å². The normalized spacial score (nSPS) is 11.4. The van der Waals surface area contributed by atoms with Gasteiger partial charge in [0.15, 0.2) is 5.78 Å². The minimum Gasteiger partial charge on any atom is -0.545 e. The molecule has 1 aromatic heterocycles. The molecule has 4 rings (SSSR count). The molecule has 0 amide bonds. The fourth-order valence-corrected chi connectivity index (χ4v) is 4.06. The maximum absolute atomic E-state index is 13.6. The summed E-state index contributed by atoms with van der Waals surface area (Å²) in [5.74, 6) is -0.673. The number of rotatable bonds is 8. The van der Waals surface area contributed by atoms with Crippen LogP contribution in [0.15, 0.2) is 72.3 Å². The van der Waals surface area contributed by atoms with Crippen LogP contribution in [-0.2, 0) is 11.2 Å². The van der Waals surface area contributed by atoms with Gasteiger partial charge in [0.05, 0.1) is 31.9 Å². The summed E-state index contributed by atoms with van der Waals surface area (Å²) in [5.41, 5.74) is 2.50. The minimum absolute atomic E-state index is 0. The average molecular weight is 482 g/mol. The van der Waals surface area contributed by atoms with Gasteiger partial charge in [0.2, 0.25) is 0 Å². The molecule has 166 valence electrons. The predicted molar refractivity (Wildman–Crippen MR) is 123 cm³/mol. The van der Waals surface area contributed by atoms with E-state index in [1.54, 1.807) is 67.8 Å². The second-order valence-electron chi connectivity index (χ2n) is 7.19. The van der Waals surface area contributed by atoms with Crippen molar-refractivity contribution in [3.05, 3.63) is 89.0 Å². The summed E-state index contributed by atoms with van der Waals surface area (Å²) in [6.07, 6.45) is 0.0682. The number of benzene rings is 3. The van der Waals surface area contributed by atoms with Crippen LogP contribution in [0.25, 0.3) is 16.6 Å². The monoisotopic (exact) mass is 482 g/mol.